The highest BCUT2D eigenvalue weighted by atomic mass is 16.5. The van der Waals surface area contributed by atoms with Crippen molar-refractivity contribution < 1.29 is 4.74 Å². The van der Waals surface area contributed by atoms with E-state index in [9.17, 15) is 0 Å². The molecule has 0 aliphatic carbocycles. The molecule has 0 spiro atoms. The van der Waals surface area contributed by atoms with Gasteiger partial charge in [0, 0.05) is 13.0 Å². The Labute approximate surface area is 60.8 Å². The van der Waals surface area contributed by atoms with E-state index in [4.69, 9.17) is 15.7 Å². The standard InChI is InChI=1S/C7H12N2O/c8-5-6(9)4-7-2-1-3-10-7/h6-7H,1-4,9H2. The Morgan fingerprint density at radius 1 is 1.80 bits per heavy atom. The van der Waals surface area contributed by atoms with Gasteiger partial charge in [-0.3, -0.25) is 0 Å². The molecular weight excluding hydrogens is 128 g/mol. The van der Waals surface area contributed by atoms with Crippen LogP contribution in [0.4, 0.5) is 0 Å². The lowest BCUT2D eigenvalue weighted by atomic mass is 10.1. The summed E-state index contributed by atoms with van der Waals surface area (Å²) in [6.07, 6.45) is 3.11. The van der Waals surface area contributed by atoms with E-state index in [1.54, 1.807) is 0 Å². The van der Waals surface area contributed by atoms with Crippen LogP contribution in [0.15, 0.2) is 0 Å². The molecule has 1 aliphatic heterocycles. The van der Waals surface area contributed by atoms with Crippen molar-refractivity contribution in [2.75, 3.05) is 6.61 Å². The molecule has 3 heteroatoms. The number of nitrogens with two attached hydrogens (primary N) is 1. The number of hydrogen-bond donors (Lipinski definition) is 1. The highest BCUT2D eigenvalue weighted by molar-refractivity contribution is 4.89. The molecule has 2 atom stereocenters. The summed E-state index contributed by atoms with van der Waals surface area (Å²) in [6.45, 7) is 0.836. The molecular formula is C7H12N2O. The van der Waals surface area contributed by atoms with Crippen molar-refractivity contribution in [2.24, 2.45) is 5.73 Å². The monoisotopic (exact) mass is 140 g/mol. The Kier molecular flexibility index (Phi) is 2.67. The fourth-order valence-corrected chi connectivity index (χ4v) is 1.17. The van der Waals surface area contributed by atoms with Crippen LogP contribution in [0.1, 0.15) is 19.3 Å². The van der Waals surface area contributed by atoms with Gasteiger partial charge >= 0.3 is 0 Å². The molecule has 1 rings (SSSR count). The molecule has 0 aromatic rings. The van der Waals surface area contributed by atoms with Gasteiger partial charge in [-0.15, -0.1) is 0 Å². The van der Waals surface area contributed by atoms with Crippen LogP contribution in [-0.4, -0.2) is 18.8 Å². The molecule has 3 nitrogen and oxygen atoms in total. The fourth-order valence-electron chi connectivity index (χ4n) is 1.17. The van der Waals surface area contributed by atoms with E-state index in [2.05, 4.69) is 0 Å². The third kappa shape index (κ3) is 1.98. The van der Waals surface area contributed by atoms with Gasteiger partial charge in [-0.2, -0.15) is 5.26 Å². The van der Waals surface area contributed by atoms with E-state index in [0.717, 1.165) is 19.4 Å². The smallest absolute Gasteiger partial charge is 0.0952 e. The second-order valence-corrected chi connectivity index (χ2v) is 2.61. The third-order valence-electron chi connectivity index (χ3n) is 1.71. The summed E-state index contributed by atoms with van der Waals surface area (Å²) in [5.41, 5.74) is 5.41. The molecule has 0 aromatic heterocycles. The Hall–Kier alpha value is -0.590. The van der Waals surface area contributed by atoms with Crippen molar-refractivity contribution >= 4 is 0 Å². The molecule has 2 unspecified atom stereocenters. The third-order valence-corrected chi connectivity index (χ3v) is 1.71. The number of nitrogens with zero attached hydrogens (tertiary/aromatic N) is 1. The maximum Gasteiger partial charge on any atom is 0.0952 e. The van der Waals surface area contributed by atoms with Crippen molar-refractivity contribution in [3.8, 4) is 6.07 Å². The van der Waals surface area contributed by atoms with Crippen molar-refractivity contribution in [1.82, 2.24) is 0 Å². The number of hydrogen-bond acceptors (Lipinski definition) is 3. The lowest BCUT2D eigenvalue weighted by molar-refractivity contribution is 0.102. The first-order valence-corrected chi connectivity index (χ1v) is 3.59. The lowest BCUT2D eigenvalue weighted by Crippen LogP contribution is -2.23. The normalized spacial score (nSPS) is 27.8. The molecule has 1 fully saturated rings. The van der Waals surface area contributed by atoms with Crippen molar-refractivity contribution in [1.29, 1.82) is 5.26 Å². The van der Waals surface area contributed by atoms with Crippen LogP contribution < -0.4 is 5.73 Å². The zero-order chi connectivity index (χ0) is 7.40. The van der Waals surface area contributed by atoms with E-state index in [1.165, 1.54) is 0 Å². The number of rotatable bonds is 2. The number of ether oxygens (including phenoxy) is 1. The van der Waals surface area contributed by atoms with Gasteiger partial charge in [0.25, 0.3) is 0 Å². The van der Waals surface area contributed by atoms with Crippen molar-refractivity contribution in [2.45, 2.75) is 31.4 Å². The van der Waals surface area contributed by atoms with Gasteiger partial charge < -0.3 is 10.5 Å². The fraction of sp³-hybridized carbons (Fsp3) is 0.857. The SMILES string of the molecule is N#CC(N)CC1CCCO1. The van der Waals surface area contributed by atoms with Gasteiger partial charge in [0.15, 0.2) is 0 Å². The Bertz CT molecular complexity index is 135. The van der Waals surface area contributed by atoms with E-state index in [0.29, 0.717) is 6.42 Å². The average Bonchev–Trinajstić information content (AvgIpc) is 2.40. The summed E-state index contributed by atoms with van der Waals surface area (Å²) in [5.74, 6) is 0. The van der Waals surface area contributed by atoms with E-state index in [1.807, 2.05) is 6.07 Å². The summed E-state index contributed by atoms with van der Waals surface area (Å²) in [7, 11) is 0. The molecule has 0 radical (unpaired) electrons. The minimum Gasteiger partial charge on any atom is -0.378 e. The molecule has 2 N–H and O–H groups in total. The van der Waals surface area contributed by atoms with Gasteiger partial charge in [-0.25, -0.2) is 0 Å². The van der Waals surface area contributed by atoms with Crippen LogP contribution >= 0.6 is 0 Å². The van der Waals surface area contributed by atoms with E-state index >= 15 is 0 Å². The van der Waals surface area contributed by atoms with Gasteiger partial charge in [-0.05, 0) is 12.8 Å². The first-order chi connectivity index (χ1) is 4.83. The topological polar surface area (TPSA) is 59.0 Å². The Balaban J connectivity index is 2.19. The zero-order valence-electron chi connectivity index (χ0n) is 5.92. The molecule has 1 saturated heterocycles. The molecule has 10 heavy (non-hydrogen) atoms. The lowest BCUT2D eigenvalue weighted by Gasteiger charge is -2.08. The van der Waals surface area contributed by atoms with Crippen LogP contribution in [0, 0.1) is 11.3 Å². The Morgan fingerprint density at radius 2 is 2.60 bits per heavy atom. The Morgan fingerprint density at radius 3 is 3.10 bits per heavy atom. The van der Waals surface area contributed by atoms with E-state index < -0.39 is 0 Å². The van der Waals surface area contributed by atoms with Crippen molar-refractivity contribution in [3.05, 3.63) is 0 Å². The molecule has 0 amide bonds. The molecule has 1 heterocycles. The van der Waals surface area contributed by atoms with Crippen LogP contribution in [0.2, 0.25) is 0 Å². The summed E-state index contributed by atoms with van der Waals surface area (Å²) < 4.78 is 5.29. The molecule has 0 aromatic carbocycles. The summed E-state index contributed by atoms with van der Waals surface area (Å²) in [5, 5.41) is 8.36. The van der Waals surface area contributed by atoms with Crippen molar-refractivity contribution in [3.63, 3.8) is 0 Å². The average molecular weight is 140 g/mol. The second-order valence-electron chi connectivity index (χ2n) is 2.61. The van der Waals surface area contributed by atoms with Gasteiger partial charge in [0.05, 0.1) is 18.2 Å². The molecule has 1 aliphatic rings. The molecule has 56 valence electrons. The van der Waals surface area contributed by atoms with Crippen LogP contribution in [0.25, 0.3) is 0 Å². The largest absolute Gasteiger partial charge is 0.378 e. The molecule has 0 saturated carbocycles. The first kappa shape index (κ1) is 7.52. The zero-order valence-corrected chi connectivity index (χ0v) is 5.92. The summed E-state index contributed by atoms with van der Waals surface area (Å²) in [4.78, 5) is 0. The summed E-state index contributed by atoms with van der Waals surface area (Å²) in [6, 6.07) is 1.65. The van der Waals surface area contributed by atoms with Crippen LogP contribution in [0.3, 0.4) is 0 Å². The number of nitriles is 1. The molecule has 0 bridgehead atoms. The predicted molar refractivity (Wildman–Crippen MR) is 37.2 cm³/mol. The minimum atomic E-state index is -0.344. The highest BCUT2D eigenvalue weighted by Crippen LogP contribution is 2.15. The predicted octanol–water partition coefficient (Wildman–Crippen LogP) is 0.406. The van der Waals surface area contributed by atoms with Crippen LogP contribution in [0.5, 0.6) is 0 Å². The maximum atomic E-state index is 8.36. The van der Waals surface area contributed by atoms with Gasteiger partial charge in [0.1, 0.15) is 0 Å². The summed E-state index contributed by atoms with van der Waals surface area (Å²) >= 11 is 0. The first-order valence-electron chi connectivity index (χ1n) is 3.59. The quantitative estimate of drug-likeness (QED) is 0.604. The van der Waals surface area contributed by atoms with E-state index in [-0.39, 0.29) is 12.1 Å². The minimum absolute atomic E-state index is 0.245. The van der Waals surface area contributed by atoms with Gasteiger partial charge in [-0.1, -0.05) is 0 Å². The maximum absolute atomic E-state index is 8.36. The second kappa shape index (κ2) is 3.55. The van der Waals surface area contributed by atoms with Crippen LogP contribution in [-0.2, 0) is 4.74 Å². The van der Waals surface area contributed by atoms with Gasteiger partial charge in [0.2, 0.25) is 0 Å². The highest BCUT2D eigenvalue weighted by Gasteiger charge is 2.17.